The largest absolute Gasteiger partial charge is 0.465 e. The quantitative estimate of drug-likeness (QED) is 0.783. The maximum atomic E-state index is 13.5. The fourth-order valence-electron chi connectivity index (χ4n) is 2.34. The lowest BCUT2D eigenvalue weighted by atomic mass is 9.89. The molecule has 1 heterocycles. The second-order valence-corrected chi connectivity index (χ2v) is 4.41. The molecule has 1 saturated heterocycles. The molecule has 92 valence electrons. The normalized spacial score (nSPS) is 16.8. The van der Waals surface area contributed by atoms with Gasteiger partial charge in [-0.15, -0.1) is 0 Å². The molecule has 2 rings (SSSR count). The lowest BCUT2D eigenvalue weighted by Crippen LogP contribution is -2.86. The third-order valence-corrected chi connectivity index (χ3v) is 3.25. The third-order valence-electron chi connectivity index (χ3n) is 3.25. The monoisotopic (exact) mass is 238 g/mol. The van der Waals surface area contributed by atoms with Crippen molar-refractivity contribution in [1.29, 1.82) is 0 Å². The first-order chi connectivity index (χ1) is 8.20. The number of hydrogen-bond acceptors (Lipinski definition) is 2. The zero-order valence-electron chi connectivity index (χ0n) is 9.91. The van der Waals surface area contributed by atoms with Crippen molar-refractivity contribution in [2.24, 2.45) is 0 Å². The van der Waals surface area contributed by atoms with E-state index in [0.717, 1.165) is 31.5 Å². The third kappa shape index (κ3) is 2.82. The van der Waals surface area contributed by atoms with Crippen molar-refractivity contribution in [3.63, 3.8) is 0 Å². The van der Waals surface area contributed by atoms with Crippen LogP contribution in [0.15, 0.2) is 18.2 Å². The molecule has 1 aliphatic rings. The second kappa shape index (κ2) is 5.27. The minimum Gasteiger partial charge on any atom is -0.465 e. The number of hydrogen-bond donors (Lipinski definition) is 1. The fraction of sp³-hybridized carbons (Fsp3) is 0.462. The smallest absolute Gasteiger partial charge is 0.337 e. The van der Waals surface area contributed by atoms with Gasteiger partial charge in [0.25, 0.3) is 0 Å². The van der Waals surface area contributed by atoms with Gasteiger partial charge < -0.3 is 10.1 Å². The molecule has 2 N–H and O–H groups in total. The molecule has 17 heavy (non-hydrogen) atoms. The van der Waals surface area contributed by atoms with E-state index in [0.29, 0.717) is 11.5 Å². The molecule has 0 radical (unpaired) electrons. The molecular formula is C13H17FNO2+. The molecule has 0 saturated carbocycles. The topological polar surface area (TPSA) is 42.9 Å². The number of nitrogens with two attached hydrogens (primary N) is 1. The number of rotatable bonds is 2. The summed E-state index contributed by atoms with van der Waals surface area (Å²) >= 11 is 0. The predicted octanol–water partition coefficient (Wildman–Crippen LogP) is 1.05. The van der Waals surface area contributed by atoms with Gasteiger partial charge in [0.15, 0.2) is 0 Å². The summed E-state index contributed by atoms with van der Waals surface area (Å²) in [5.74, 6) is -0.482. The van der Waals surface area contributed by atoms with Gasteiger partial charge in [0.2, 0.25) is 0 Å². The average Bonchev–Trinajstić information content (AvgIpc) is 2.38. The molecule has 0 spiro atoms. The van der Waals surface area contributed by atoms with E-state index >= 15 is 0 Å². The summed E-state index contributed by atoms with van der Waals surface area (Å²) in [6.07, 6.45) is 2.06. The Morgan fingerprint density at radius 1 is 1.35 bits per heavy atom. The molecule has 1 aliphatic heterocycles. The lowest BCUT2D eigenvalue weighted by molar-refractivity contribution is -0.663. The van der Waals surface area contributed by atoms with Gasteiger partial charge in [-0.1, -0.05) is 0 Å². The standard InChI is InChI=1S/C13H16FNO2/c1-17-13(16)11-6-10(7-12(14)8-11)9-2-4-15-5-3-9/h6-9,15H,2-5H2,1H3/p+1. The number of carbonyl (C=O) groups excluding carboxylic acids is 1. The Kier molecular flexibility index (Phi) is 3.74. The van der Waals surface area contributed by atoms with Crippen LogP contribution in [0, 0.1) is 5.82 Å². The first-order valence-corrected chi connectivity index (χ1v) is 5.91. The Morgan fingerprint density at radius 3 is 2.71 bits per heavy atom. The van der Waals surface area contributed by atoms with Crippen molar-refractivity contribution >= 4 is 5.97 Å². The van der Waals surface area contributed by atoms with E-state index in [1.165, 1.54) is 19.2 Å². The molecule has 0 aromatic heterocycles. The summed E-state index contributed by atoms with van der Waals surface area (Å²) < 4.78 is 18.1. The Balaban J connectivity index is 2.27. The van der Waals surface area contributed by atoms with Crippen molar-refractivity contribution in [2.45, 2.75) is 18.8 Å². The van der Waals surface area contributed by atoms with Crippen LogP contribution < -0.4 is 5.32 Å². The van der Waals surface area contributed by atoms with E-state index in [-0.39, 0.29) is 5.82 Å². The Labute approximate surface area is 100.0 Å². The highest BCUT2D eigenvalue weighted by Gasteiger charge is 2.19. The molecule has 1 aromatic carbocycles. The van der Waals surface area contributed by atoms with Crippen molar-refractivity contribution < 1.29 is 19.2 Å². The van der Waals surface area contributed by atoms with Crippen molar-refractivity contribution in [3.8, 4) is 0 Å². The van der Waals surface area contributed by atoms with Crippen LogP contribution in [-0.2, 0) is 4.74 Å². The zero-order chi connectivity index (χ0) is 12.3. The zero-order valence-corrected chi connectivity index (χ0v) is 9.91. The number of ether oxygens (including phenoxy) is 1. The first kappa shape index (κ1) is 12.0. The van der Waals surface area contributed by atoms with Gasteiger partial charge >= 0.3 is 5.97 Å². The van der Waals surface area contributed by atoms with Crippen LogP contribution in [0.5, 0.6) is 0 Å². The summed E-state index contributed by atoms with van der Waals surface area (Å²) in [5, 5.41) is 2.26. The Bertz CT molecular complexity index is 414. The summed E-state index contributed by atoms with van der Waals surface area (Å²) in [4.78, 5) is 11.4. The van der Waals surface area contributed by atoms with E-state index in [1.807, 2.05) is 0 Å². The number of piperidine rings is 1. The highest BCUT2D eigenvalue weighted by molar-refractivity contribution is 5.89. The van der Waals surface area contributed by atoms with Crippen LogP contribution in [0.4, 0.5) is 4.39 Å². The van der Waals surface area contributed by atoms with Crippen LogP contribution in [0.2, 0.25) is 0 Å². The molecule has 1 aromatic rings. The highest BCUT2D eigenvalue weighted by atomic mass is 19.1. The molecule has 0 atom stereocenters. The molecule has 1 fully saturated rings. The van der Waals surface area contributed by atoms with Gasteiger partial charge in [-0.2, -0.15) is 0 Å². The highest BCUT2D eigenvalue weighted by Crippen LogP contribution is 2.25. The summed E-state index contributed by atoms with van der Waals surface area (Å²) in [5.41, 5.74) is 1.22. The minimum absolute atomic E-state index is 0.303. The van der Waals surface area contributed by atoms with E-state index < -0.39 is 5.97 Å². The van der Waals surface area contributed by atoms with Gasteiger partial charge in [-0.25, -0.2) is 9.18 Å². The van der Waals surface area contributed by atoms with E-state index in [9.17, 15) is 9.18 Å². The van der Waals surface area contributed by atoms with Crippen LogP contribution in [-0.4, -0.2) is 26.2 Å². The summed E-state index contributed by atoms with van der Waals surface area (Å²) in [7, 11) is 1.31. The molecule has 0 amide bonds. The average molecular weight is 238 g/mol. The van der Waals surface area contributed by atoms with Gasteiger partial charge in [-0.3, -0.25) is 0 Å². The van der Waals surface area contributed by atoms with E-state index in [4.69, 9.17) is 0 Å². The molecule has 0 bridgehead atoms. The van der Waals surface area contributed by atoms with Crippen molar-refractivity contribution in [2.75, 3.05) is 20.2 Å². The molecule has 0 aliphatic carbocycles. The number of benzene rings is 1. The Morgan fingerprint density at radius 2 is 2.06 bits per heavy atom. The lowest BCUT2D eigenvalue weighted by Gasteiger charge is -2.21. The van der Waals surface area contributed by atoms with Crippen molar-refractivity contribution in [3.05, 3.63) is 35.1 Å². The van der Waals surface area contributed by atoms with Gasteiger partial charge in [-0.05, 0) is 29.7 Å². The van der Waals surface area contributed by atoms with Gasteiger partial charge in [0.05, 0.1) is 25.8 Å². The Hall–Kier alpha value is -1.42. The van der Waals surface area contributed by atoms with E-state index in [2.05, 4.69) is 10.1 Å². The fourth-order valence-corrected chi connectivity index (χ4v) is 2.34. The number of quaternary nitrogens is 1. The number of halogens is 1. The maximum absolute atomic E-state index is 13.5. The predicted molar refractivity (Wildman–Crippen MR) is 61.4 cm³/mol. The number of methoxy groups -OCH3 is 1. The van der Waals surface area contributed by atoms with Crippen LogP contribution in [0.1, 0.15) is 34.7 Å². The SMILES string of the molecule is COC(=O)c1cc(F)cc(C2CC[NH2+]CC2)c1. The molecule has 0 unspecified atom stereocenters. The maximum Gasteiger partial charge on any atom is 0.337 e. The van der Waals surface area contributed by atoms with Crippen LogP contribution in [0.3, 0.4) is 0 Å². The molecule has 3 nitrogen and oxygen atoms in total. The van der Waals surface area contributed by atoms with E-state index in [1.54, 1.807) is 6.07 Å². The summed E-state index contributed by atoms with van der Waals surface area (Å²) in [6.45, 7) is 2.13. The summed E-state index contributed by atoms with van der Waals surface area (Å²) in [6, 6.07) is 4.51. The minimum atomic E-state index is -0.479. The first-order valence-electron chi connectivity index (χ1n) is 5.91. The van der Waals surface area contributed by atoms with Gasteiger partial charge in [0, 0.05) is 12.8 Å². The second-order valence-electron chi connectivity index (χ2n) is 4.41. The number of carbonyl (C=O) groups is 1. The van der Waals surface area contributed by atoms with Gasteiger partial charge in [0.1, 0.15) is 5.82 Å². The van der Waals surface area contributed by atoms with Crippen LogP contribution in [0.25, 0.3) is 0 Å². The van der Waals surface area contributed by atoms with Crippen molar-refractivity contribution in [1.82, 2.24) is 0 Å². The molecule has 4 heteroatoms. The molecular weight excluding hydrogens is 221 g/mol. The number of esters is 1. The van der Waals surface area contributed by atoms with Crippen LogP contribution >= 0.6 is 0 Å².